The predicted molar refractivity (Wildman–Crippen MR) is 247 cm³/mol. The molecule has 1 aliphatic heterocycles. The maximum Gasteiger partial charge on any atom is 0.348 e. The lowest BCUT2D eigenvalue weighted by Gasteiger charge is -2.59. The van der Waals surface area contributed by atoms with Crippen LogP contribution in [-0.2, 0) is 38.1 Å². The van der Waals surface area contributed by atoms with Crippen molar-refractivity contribution in [2.24, 2.45) is 57.2 Å². The molecule has 8 aliphatic carbocycles. The summed E-state index contributed by atoms with van der Waals surface area (Å²) in [6.45, 7) is 23.8. The third kappa shape index (κ3) is 12.3. The predicted octanol–water partition coefficient (Wildman–Crippen LogP) is 13.0. The molecule has 8 saturated carbocycles. The van der Waals surface area contributed by atoms with Crippen molar-refractivity contribution >= 4 is 23.9 Å². The fourth-order valence-corrected chi connectivity index (χ4v) is 10.8. The Labute approximate surface area is 370 Å². The first-order valence-corrected chi connectivity index (χ1v) is 21.4. The maximum atomic E-state index is 12.5. The Morgan fingerprint density at radius 3 is 1.37 bits per heavy atom. The summed E-state index contributed by atoms with van der Waals surface area (Å²) in [6.07, 6.45) is 13.8. The molecule has 9 rings (SSSR count). The minimum Gasteiger partial charge on any atom is -0.462 e. The van der Waals surface area contributed by atoms with Crippen molar-refractivity contribution in [1.82, 2.24) is 0 Å². The lowest BCUT2D eigenvalue weighted by Crippen LogP contribution is -2.61. The minimum atomic E-state index is -0.772. The van der Waals surface area contributed by atoms with Crippen LogP contribution in [0.4, 0.5) is 0 Å². The summed E-state index contributed by atoms with van der Waals surface area (Å²) < 4.78 is 22.3. The Balaban J connectivity index is 0. The summed E-state index contributed by atoms with van der Waals surface area (Å²) in [7, 11) is 0. The van der Waals surface area contributed by atoms with Crippen molar-refractivity contribution in [3.63, 3.8) is 0 Å². The number of carbonyl (C=O) groups is 4. The van der Waals surface area contributed by atoms with Gasteiger partial charge in [0.15, 0.2) is 0 Å². The van der Waals surface area contributed by atoms with E-state index in [0.717, 1.165) is 50.4 Å². The highest BCUT2D eigenvalue weighted by atomic mass is 16.6. The van der Waals surface area contributed by atoms with Crippen molar-refractivity contribution in [2.75, 3.05) is 6.61 Å². The van der Waals surface area contributed by atoms with Crippen molar-refractivity contribution < 1.29 is 43.2 Å². The van der Waals surface area contributed by atoms with Crippen LogP contribution in [0, 0.1) is 57.2 Å². The van der Waals surface area contributed by atoms with E-state index in [1.54, 1.807) is 0 Å². The number of carbonyl (C=O) groups excluding carboxylic acids is 4. The lowest BCUT2D eigenvalue weighted by molar-refractivity contribution is -0.225. The Morgan fingerprint density at radius 1 is 0.617 bits per heavy atom. The minimum absolute atomic E-state index is 0. The molecule has 0 aromatic heterocycles. The van der Waals surface area contributed by atoms with Gasteiger partial charge in [0, 0.05) is 11.8 Å². The summed E-state index contributed by atoms with van der Waals surface area (Å²) in [5.41, 5.74) is -2.82. The van der Waals surface area contributed by atoms with Crippen molar-refractivity contribution in [3.8, 4) is 0 Å². The van der Waals surface area contributed by atoms with Gasteiger partial charge in [0.1, 0.15) is 17.8 Å². The van der Waals surface area contributed by atoms with Crippen LogP contribution < -0.4 is 0 Å². The van der Waals surface area contributed by atoms with Crippen LogP contribution in [0.3, 0.4) is 0 Å². The van der Waals surface area contributed by atoms with E-state index in [0.29, 0.717) is 43.1 Å². The lowest BCUT2D eigenvalue weighted by atomic mass is 9.50. The van der Waals surface area contributed by atoms with E-state index in [1.165, 1.54) is 38.5 Å². The molecule has 0 radical (unpaired) electrons. The standard InChI is InChI=1S/C17H28O2.C16H26O3.C12H20O4.6CH4/c1-5-16(2,3)15(18)19-17(4)13-7-11-6-12(9-13)10-14(17)8-11;1-4-14(2,3)13(17)19-16-8-11-5-12(9-16)7-15(18,6-11)10-16;1-6-11(2,3)10(14)16-8-9(13)15-7-12(8,4)5;;;;;;/h11-14H,5-10H2,1-4H3;11-12,18H,4-10H2,1-3H3;8H,6-7H2,1-5H3;6*1H4. The first kappa shape index (κ1) is 59.9. The van der Waals surface area contributed by atoms with E-state index in [4.69, 9.17) is 18.9 Å². The van der Waals surface area contributed by atoms with E-state index >= 15 is 0 Å². The second kappa shape index (κ2) is 21.0. The number of hydrogen-bond donors (Lipinski definition) is 1. The zero-order chi connectivity index (χ0) is 40.3. The zero-order valence-electron chi connectivity index (χ0n) is 35.9. The molecule has 0 aromatic rings. The summed E-state index contributed by atoms with van der Waals surface area (Å²) in [5, 5.41) is 10.6. The van der Waals surface area contributed by atoms with Gasteiger partial charge in [-0.3, -0.25) is 14.4 Å². The van der Waals surface area contributed by atoms with Crippen molar-refractivity contribution in [2.45, 2.75) is 240 Å². The van der Waals surface area contributed by atoms with Crippen LogP contribution in [0.1, 0.15) is 218 Å². The van der Waals surface area contributed by atoms with E-state index in [-0.39, 0.29) is 79.1 Å². The fourth-order valence-electron chi connectivity index (χ4n) is 10.8. The Kier molecular flexibility index (Phi) is 21.0. The van der Waals surface area contributed by atoms with Gasteiger partial charge < -0.3 is 24.1 Å². The molecule has 9 nitrogen and oxygen atoms in total. The quantitative estimate of drug-likeness (QED) is 0.178. The summed E-state index contributed by atoms with van der Waals surface area (Å²) >= 11 is 0. The highest BCUT2D eigenvalue weighted by molar-refractivity contribution is 5.83. The van der Waals surface area contributed by atoms with Gasteiger partial charge in [0.2, 0.25) is 6.10 Å². The molecule has 0 amide bonds. The van der Waals surface area contributed by atoms with Gasteiger partial charge in [0.25, 0.3) is 0 Å². The monoisotopic (exact) mass is 855 g/mol. The van der Waals surface area contributed by atoms with E-state index < -0.39 is 33.9 Å². The molecule has 1 heterocycles. The molecule has 3 atom stereocenters. The average Bonchev–Trinajstić information content (AvgIpc) is 3.32. The smallest absolute Gasteiger partial charge is 0.348 e. The van der Waals surface area contributed by atoms with E-state index in [2.05, 4.69) is 13.8 Å². The number of esters is 4. The third-order valence-corrected chi connectivity index (χ3v) is 15.4. The topological polar surface area (TPSA) is 125 Å². The highest BCUT2D eigenvalue weighted by Crippen LogP contribution is 2.61. The SMILES string of the molecule is C.C.C.C.C.C.CCC(C)(C)C(=O)OC1(C)C2CC3CC(C2)CC1C3.CCC(C)(C)C(=O)OC12CC3CC(CC(O)(C3)C1)C2.CCC(C)(C)C(=O)OC1C(=O)OCC1(C)C. The fraction of sp³-hybridized carbons (Fsp3) is 0.922. The number of rotatable bonds is 9. The van der Waals surface area contributed by atoms with Gasteiger partial charge in [-0.2, -0.15) is 0 Å². The van der Waals surface area contributed by atoms with Crippen LogP contribution in [0.15, 0.2) is 0 Å². The molecule has 3 unspecified atom stereocenters. The molecule has 1 N–H and O–H groups in total. The molecule has 356 valence electrons. The first-order chi connectivity index (χ1) is 24.8. The van der Waals surface area contributed by atoms with Crippen molar-refractivity contribution in [3.05, 3.63) is 0 Å². The number of hydrogen-bond acceptors (Lipinski definition) is 9. The zero-order valence-corrected chi connectivity index (χ0v) is 35.9. The molecule has 9 heteroatoms. The molecular formula is C51H98O9. The Hall–Kier alpha value is -2.16. The van der Waals surface area contributed by atoms with Crippen LogP contribution in [-0.4, -0.2) is 58.5 Å². The molecule has 0 aromatic carbocycles. The van der Waals surface area contributed by atoms with Gasteiger partial charge in [-0.25, -0.2) is 4.79 Å². The van der Waals surface area contributed by atoms with Gasteiger partial charge in [-0.1, -0.05) is 79.2 Å². The molecule has 1 saturated heterocycles. The number of cyclic esters (lactones) is 1. The van der Waals surface area contributed by atoms with Crippen LogP contribution >= 0.6 is 0 Å². The maximum absolute atomic E-state index is 12.5. The summed E-state index contributed by atoms with van der Waals surface area (Å²) in [6, 6.07) is 0. The molecular weight excluding hydrogens is 757 g/mol. The number of aliphatic hydroxyl groups is 1. The molecule has 0 spiro atoms. The second-order valence-electron chi connectivity index (χ2n) is 21.7. The Morgan fingerprint density at radius 2 is 1.00 bits per heavy atom. The van der Waals surface area contributed by atoms with Crippen molar-refractivity contribution in [1.29, 1.82) is 0 Å². The Bertz CT molecular complexity index is 1380. The van der Waals surface area contributed by atoms with Crippen LogP contribution in [0.2, 0.25) is 0 Å². The first-order valence-electron chi connectivity index (χ1n) is 21.4. The molecule has 8 bridgehead atoms. The number of ether oxygens (including phenoxy) is 4. The van der Waals surface area contributed by atoms with E-state index in [1.807, 2.05) is 69.2 Å². The normalized spacial score (nSPS) is 34.5. The molecule has 60 heavy (non-hydrogen) atoms. The van der Waals surface area contributed by atoms with Gasteiger partial charge in [-0.05, 0) is 167 Å². The van der Waals surface area contributed by atoms with E-state index in [9.17, 15) is 24.3 Å². The van der Waals surface area contributed by atoms with Gasteiger partial charge in [0.05, 0.1) is 21.8 Å². The molecule has 9 fully saturated rings. The third-order valence-electron chi connectivity index (χ3n) is 15.4. The van der Waals surface area contributed by atoms with Gasteiger partial charge >= 0.3 is 23.9 Å². The van der Waals surface area contributed by atoms with Crippen LogP contribution in [0.25, 0.3) is 0 Å². The van der Waals surface area contributed by atoms with Gasteiger partial charge in [-0.15, -0.1) is 0 Å². The highest BCUT2D eigenvalue weighted by Gasteiger charge is 2.60. The summed E-state index contributed by atoms with van der Waals surface area (Å²) in [4.78, 5) is 48.1. The molecule has 9 aliphatic rings. The van der Waals surface area contributed by atoms with Crippen LogP contribution in [0.5, 0.6) is 0 Å². The second-order valence-corrected chi connectivity index (χ2v) is 21.7. The average molecular weight is 855 g/mol. The summed E-state index contributed by atoms with van der Waals surface area (Å²) in [5.74, 6) is 3.37. The largest absolute Gasteiger partial charge is 0.462 e.